The fourth-order valence-electron chi connectivity index (χ4n) is 6.42. The number of aromatic nitrogens is 2. The van der Waals surface area contributed by atoms with Crippen LogP contribution in [0.25, 0.3) is 11.0 Å². The molecule has 0 fully saturated rings. The van der Waals surface area contributed by atoms with Gasteiger partial charge in [0.2, 0.25) is 10.9 Å². The number of carbonyl (C=O) groups excluding carboxylic acids is 2. The number of hydrogen-bond acceptors (Lipinski definition) is 8. The van der Waals surface area contributed by atoms with Gasteiger partial charge in [-0.3, -0.25) is 19.3 Å². The van der Waals surface area contributed by atoms with Crippen molar-refractivity contribution in [3.63, 3.8) is 0 Å². The van der Waals surface area contributed by atoms with Crippen molar-refractivity contribution in [2.75, 3.05) is 9.80 Å². The van der Waals surface area contributed by atoms with E-state index in [1.807, 2.05) is 44.2 Å². The molecule has 0 saturated carbocycles. The molecular formula is C36H25FN4O4S2. The molecule has 2 aliphatic heterocycles. The van der Waals surface area contributed by atoms with Gasteiger partial charge in [-0.05, 0) is 66.4 Å². The van der Waals surface area contributed by atoms with Crippen molar-refractivity contribution in [2.45, 2.75) is 36.0 Å². The fraction of sp³-hybridized carbons (Fsp3) is 0.139. The highest BCUT2D eigenvalue weighted by molar-refractivity contribution is 8.00. The number of aryl methyl sites for hydroxylation is 2. The molecule has 11 heteroatoms. The van der Waals surface area contributed by atoms with Gasteiger partial charge in [-0.15, -0.1) is 10.2 Å². The predicted molar refractivity (Wildman–Crippen MR) is 179 cm³/mol. The minimum atomic E-state index is -1.91. The molecule has 0 aliphatic carbocycles. The highest BCUT2D eigenvalue weighted by Crippen LogP contribution is 2.55. The lowest BCUT2D eigenvalue weighted by molar-refractivity contribution is -0.121. The molecular weight excluding hydrogens is 636 g/mol. The summed E-state index contributed by atoms with van der Waals surface area (Å²) in [6, 6.07) is 26.4. The summed E-state index contributed by atoms with van der Waals surface area (Å²) in [7, 11) is 0. The lowest BCUT2D eigenvalue weighted by Crippen LogP contribution is -2.53. The van der Waals surface area contributed by atoms with Crippen molar-refractivity contribution in [1.82, 2.24) is 10.2 Å². The Morgan fingerprint density at radius 2 is 1.60 bits per heavy atom. The average molecular weight is 661 g/mol. The van der Waals surface area contributed by atoms with E-state index in [4.69, 9.17) is 4.42 Å². The molecule has 2 aliphatic rings. The Hall–Kier alpha value is -5.13. The summed E-state index contributed by atoms with van der Waals surface area (Å²) < 4.78 is 20.7. The van der Waals surface area contributed by atoms with E-state index in [0.29, 0.717) is 26.9 Å². The number of halogens is 1. The maximum atomic E-state index is 15.1. The van der Waals surface area contributed by atoms with E-state index in [1.165, 1.54) is 45.0 Å². The van der Waals surface area contributed by atoms with Crippen LogP contribution in [0.4, 0.5) is 15.2 Å². The van der Waals surface area contributed by atoms with Crippen molar-refractivity contribution in [2.24, 2.45) is 0 Å². The topological polar surface area (TPSA) is 96.6 Å². The first-order chi connectivity index (χ1) is 22.8. The lowest BCUT2D eigenvalue weighted by Gasteiger charge is -2.32. The van der Waals surface area contributed by atoms with Gasteiger partial charge in [-0.1, -0.05) is 83.8 Å². The van der Waals surface area contributed by atoms with Crippen molar-refractivity contribution >= 4 is 56.7 Å². The zero-order valence-corrected chi connectivity index (χ0v) is 26.8. The van der Waals surface area contributed by atoms with Gasteiger partial charge < -0.3 is 9.32 Å². The fourth-order valence-corrected chi connectivity index (χ4v) is 8.27. The van der Waals surface area contributed by atoms with Gasteiger partial charge >= 0.3 is 0 Å². The maximum absolute atomic E-state index is 15.1. The second kappa shape index (κ2) is 11.0. The van der Waals surface area contributed by atoms with Crippen molar-refractivity contribution in [3.8, 4) is 0 Å². The van der Waals surface area contributed by atoms with Crippen LogP contribution < -0.4 is 15.2 Å². The van der Waals surface area contributed by atoms with Crippen LogP contribution in [-0.4, -0.2) is 22.0 Å². The number of anilines is 2. The molecule has 0 N–H and O–H groups in total. The van der Waals surface area contributed by atoms with Crippen LogP contribution in [0.3, 0.4) is 0 Å². The highest BCUT2D eigenvalue weighted by Gasteiger charge is 2.66. The third kappa shape index (κ3) is 4.44. The molecule has 0 radical (unpaired) electrons. The van der Waals surface area contributed by atoms with E-state index in [1.54, 1.807) is 48.5 Å². The summed E-state index contributed by atoms with van der Waals surface area (Å²) in [6.07, 6.45) is 0. The molecule has 4 aromatic carbocycles. The Labute approximate surface area is 276 Å². The molecule has 47 heavy (non-hydrogen) atoms. The normalized spacial score (nSPS) is 16.8. The lowest BCUT2D eigenvalue weighted by atomic mass is 9.84. The van der Waals surface area contributed by atoms with Gasteiger partial charge in [0.1, 0.15) is 11.4 Å². The number of para-hydroxylation sites is 1. The molecule has 6 aromatic rings. The molecule has 0 saturated heterocycles. The third-order valence-corrected chi connectivity index (χ3v) is 10.9. The molecule has 1 spiro atoms. The van der Waals surface area contributed by atoms with Crippen LogP contribution in [0, 0.1) is 19.7 Å². The minimum absolute atomic E-state index is 0.0500. The summed E-state index contributed by atoms with van der Waals surface area (Å²) in [6.45, 7) is 3.88. The SMILES string of the molecule is Cc1cc2oc3c(c(=O)c2cc1C)C1(C(=O)N(Cc2ccc(F)cc2)c2ccccc21)N(c1nnc(SCc2ccccc2)s1)C3=O. The molecule has 4 heterocycles. The van der Waals surface area contributed by atoms with Gasteiger partial charge in [0, 0.05) is 11.3 Å². The van der Waals surface area contributed by atoms with Crippen molar-refractivity contribution in [1.29, 1.82) is 0 Å². The highest BCUT2D eigenvalue weighted by atomic mass is 32.2. The average Bonchev–Trinajstić information content (AvgIpc) is 3.71. The smallest absolute Gasteiger partial charge is 0.297 e. The second-order valence-electron chi connectivity index (χ2n) is 11.6. The summed E-state index contributed by atoms with van der Waals surface area (Å²) in [4.78, 5) is 47.1. The molecule has 8 rings (SSSR count). The second-order valence-corrected chi connectivity index (χ2v) is 13.8. The monoisotopic (exact) mass is 660 g/mol. The number of thioether (sulfide) groups is 1. The van der Waals surface area contributed by atoms with Crippen molar-refractivity contribution < 1.29 is 18.4 Å². The number of nitrogens with zero attached hydrogens (tertiary/aromatic N) is 4. The molecule has 232 valence electrons. The van der Waals surface area contributed by atoms with Crippen LogP contribution in [-0.2, 0) is 22.6 Å². The van der Waals surface area contributed by atoms with Crippen LogP contribution in [0.2, 0.25) is 0 Å². The van der Waals surface area contributed by atoms with E-state index in [2.05, 4.69) is 10.2 Å². The number of hydrogen-bond donors (Lipinski definition) is 0. The predicted octanol–water partition coefficient (Wildman–Crippen LogP) is 7.14. The standard InChI is InChI=1S/C36H25FN4O4S2/c1-20-16-25-28(17-21(20)2)45-31-29(30(25)42)36(41(32(31)43)34-38-39-35(47-34)46-19-23-8-4-3-5-9-23)26-10-6-7-11-27(26)40(33(36)44)18-22-12-14-24(37)15-13-22/h3-17H,18-19H2,1-2H3. The molecule has 2 aromatic heterocycles. The summed E-state index contributed by atoms with van der Waals surface area (Å²) in [5, 5.41) is 9.23. The first kappa shape index (κ1) is 29.3. The Balaban J connectivity index is 1.34. The summed E-state index contributed by atoms with van der Waals surface area (Å²) in [5.74, 6) is -1.14. The number of carbonyl (C=O) groups is 2. The van der Waals surface area contributed by atoms with Crippen molar-refractivity contribution in [3.05, 3.63) is 146 Å². The zero-order chi connectivity index (χ0) is 32.4. The molecule has 1 unspecified atom stereocenters. The Bertz CT molecular complexity index is 2300. The third-order valence-electron chi connectivity index (χ3n) is 8.79. The Morgan fingerprint density at radius 3 is 2.38 bits per heavy atom. The molecule has 8 nitrogen and oxygen atoms in total. The Kier molecular flexibility index (Phi) is 6.85. The van der Waals surface area contributed by atoms with Gasteiger partial charge in [0.25, 0.3) is 11.8 Å². The van der Waals surface area contributed by atoms with Crippen LogP contribution in [0.1, 0.15) is 43.9 Å². The van der Waals surface area contributed by atoms with E-state index in [-0.39, 0.29) is 34.0 Å². The Morgan fingerprint density at radius 1 is 0.872 bits per heavy atom. The number of benzene rings is 4. The van der Waals surface area contributed by atoms with Gasteiger partial charge in [0.05, 0.1) is 23.2 Å². The van der Waals surface area contributed by atoms with Gasteiger partial charge in [0.15, 0.2) is 15.3 Å². The quantitative estimate of drug-likeness (QED) is 0.138. The van der Waals surface area contributed by atoms with Crippen LogP contribution in [0.15, 0.2) is 105 Å². The minimum Gasteiger partial charge on any atom is -0.450 e. The van der Waals surface area contributed by atoms with E-state index < -0.39 is 28.6 Å². The van der Waals surface area contributed by atoms with Gasteiger partial charge in [-0.2, -0.15) is 0 Å². The number of rotatable bonds is 6. The molecule has 0 bridgehead atoms. The molecule has 1 atom stereocenters. The first-order valence-corrected chi connectivity index (χ1v) is 16.7. The van der Waals surface area contributed by atoms with Gasteiger partial charge in [-0.25, -0.2) is 4.39 Å². The number of amides is 2. The summed E-state index contributed by atoms with van der Waals surface area (Å²) >= 11 is 2.64. The number of fused-ring (bicyclic) bond motifs is 5. The zero-order valence-electron chi connectivity index (χ0n) is 25.2. The van der Waals surface area contributed by atoms with Crippen LogP contribution >= 0.6 is 23.1 Å². The maximum Gasteiger partial charge on any atom is 0.297 e. The van der Waals surface area contributed by atoms with E-state index >= 15 is 4.79 Å². The van der Waals surface area contributed by atoms with E-state index in [9.17, 15) is 14.0 Å². The van der Waals surface area contributed by atoms with E-state index in [0.717, 1.165) is 16.7 Å². The largest absolute Gasteiger partial charge is 0.450 e. The summed E-state index contributed by atoms with van der Waals surface area (Å²) in [5.41, 5.74) is 2.36. The molecule has 2 amide bonds. The first-order valence-electron chi connectivity index (χ1n) is 14.9. The van der Waals surface area contributed by atoms with Crippen LogP contribution in [0.5, 0.6) is 0 Å².